The number of rotatable bonds is 4. The fourth-order valence-corrected chi connectivity index (χ4v) is 3.12. The maximum Gasteiger partial charge on any atom is 0.213 e. The van der Waals surface area contributed by atoms with Crippen LogP contribution in [0.15, 0.2) is 48.7 Å². The molecule has 1 aromatic heterocycles. The minimum Gasteiger partial charge on any atom is -0.481 e. The molecular formula is C18H22N2O. The zero-order valence-electron chi connectivity index (χ0n) is 12.5. The van der Waals surface area contributed by atoms with Crippen LogP contribution >= 0.6 is 0 Å². The van der Waals surface area contributed by atoms with Crippen LogP contribution < -0.4 is 10.1 Å². The standard InChI is InChI=1S/C18H22N2O/c1-21-18-12-11-17(13-19-18)20-16-9-7-15(8-10-16)14-5-3-2-4-6-14/h2-6,11-13,15-16,20H,7-10H2,1H3. The summed E-state index contributed by atoms with van der Waals surface area (Å²) in [5.74, 6) is 1.38. The van der Waals surface area contributed by atoms with Gasteiger partial charge in [0.2, 0.25) is 5.88 Å². The van der Waals surface area contributed by atoms with Gasteiger partial charge in [-0.15, -0.1) is 0 Å². The minimum atomic E-state index is 0.556. The van der Waals surface area contributed by atoms with Crippen LogP contribution in [0.5, 0.6) is 5.88 Å². The third-order valence-corrected chi connectivity index (χ3v) is 4.31. The summed E-state index contributed by atoms with van der Waals surface area (Å²) >= 11 is 0. The maximum absolute atomic E-state index is 5.08. The van der Waals surface area contributed by atoms with Crippen LogP contribution in [-0.2, 0) is 0 Å². The topological polar surface area (TPSA) is 34.1 Å². The summed E-state index contributed by atoms with van der Waals surface area (Å²) in [6.07, 6.45) is 6.79. The largest absolute Gasteiger partial charge is 0.481 e. The summed E-state index contributed by atoms with van der Waals surface area (Å²) in [5, 5.41) is 3.59. The second-order valence-electron chi connectivity index (χ2n) is 5.69. The van der Waals surface area contributed by atoms with E-state index in [0.29, 0.717) is 11.9 Å². The Kier molecular flexibility index (Phi) is 4.39. The van der Waals surface area contributed by atoms with Crippen molar-refractivity contribution in [2.75, 3.05) is 12.4 Å². The lowest BCUT2D eigenvalue weighted by Gasteiger charge is -2.30. The molecule has 0 aliphatic heterocycles. The van der Waals surface area contributed by atoms with Gasteiger partial charge in [0.25, 0.3) is 0 Å². The average molecular weight is 282 g/mol. The molecule has 0 unspecified atom stereocenters. The van der Waals surface area contributed by atoms with Crippen LogP contribution in [0.3, 0.4) is 0 Å². The highest BCUT2D eigenvalue weighted by Gasteiger charge is 2.22. The van der Waals surface area contributed by atoms with Crippen LogP contribution in [0.2, 0.25) is 0 Å². The van der Waals surface area contributed by atoms with Gasteiger partial charge in [0, 0.05) is 12.1 Å². The first kappa shape index (κ1) is 13.9. The molecule has 0 atom stereocenters. The van der Waals surface area contributed by atoms with Crippen molar-refractivity contribution >= 4 is 5.69 Å². The van der Waals surface area contributed by atoms with Crippen LogP contribution in [0.1, 0.15) is 37.2 Å². The SMILES string of the molecule is COc1ccc(NC2CCC(c3ccccc3)CC2)cn1. The number of hydrogen-bond acceptors (Lipinski definition) is 3. The molecular weight excluding hydrogens is 260 g/mol. The van der Waals surface area contributed by atoms with Gasteiger partial charge in [0.15, 0.2) is 0 Å². The van der Waals surface area contributed by atoms with Crippen molar-refractivity contribution < 1.29 is 4.74 Å². The van der Waals surface area contributed by atoms with Gasteiger partial charge in [-0.25, -0.2) is 4.98 Å². The number of aromatic nitrogens is 1. The monoisotopic (exact) mass is 282 g/mol. The molecule has 0 saturated heterocycles. The second-order valence-corrected chi connectivity index (χ2v) is 5.69. The van der Waals surface area contributed by atoms with Gasteiger partial charge in [-0.2, -0.15) is 0 Å². The van der Waals surface area contributed by atoms with Crippen molar-refractivity contribution in [3.8, 4) is 5.88 Å². The molecule has 1 aliphatic rings. The molecule has 3 rings (SSSR count). The van der Waals surface area contributed by atoms with Gasteiger partial charge in [-0.05, 0) is 43.2 Å². The number of nitrogens with zero attached hydrogens (tertiary/aromatic N) is 1. The van der Waals surface area contributed by atoms with E-state index in [1.807, 2.05) is 18.3 Å². The van der Waals surface area contributed by atoms with Gasteiger partial charge in [-0.1, -0.05) is 30.3 Å². The highest BCUT2D eigenvalue weighted by Crippen LogP contribution is 2.33. The normalized spacial score (nSPS) is 21.8. The molecule has 0 amide bonds. The van der Waals surface area contributed by atoms with E-state index in [-0.39, 0.29) is 0 Å². The number of hydrogen-bond donors (Lipinski definition) is 1. The molecule has 110 valence electrons. The van der Waals surface area contributed by atoms with Crippen molar-refractivity contribution in [2.24, 2.45) is 0 Å². The zero-order valence-corrected chi connectivity index (χ0v) is 12.5. The lowest BCUT2D eigenvalue weighted by atomic mass is 9.82. The summed E-state index contributed by atoms with van der Waals surface area (Å²) in [4.78, 5) is 4.24. The van der Waals surface area contributed by atoms with Crippen LogP contribution in [0, 0.1) is 0 Å². The summed E-state index contributed by atoms with van der Waals surface area (Å²) in [6, 6.07) is 15.4. The molecule has 0 bridgehead atoms. The lowest BCUT2D eigenvalue weighted by molar-refractivity contribution is 0.397. The van der Waals surface area contributed by atoms with Gasteiger partial charge < -0.3 is 10.1 Å². The van der Waals surface area contributed by atoms with Gasteiger partial charge in [0.05, 0.1) is 19.0 Å². The predicted octanol–water partition coefficient (Wildman–Crippen LogP) is 4.23. The maximum atomic E-state index is 5.08. The number of nitrogens with one attached hydrogen (secondary N) is 1. The van der Waals surface area contributed by atoms with Gasteiger partial charge in [0.1, 0.15) is 0 Å². The summed E-state index contributed by atoms with van der Waals surface area (Å²) in [5.41, 5.74) is 2.57. The number of methoxy groups -OCH3 is 1. The van der Waals surface area contributed by atoms with Crippen LogP contribution in [-0.4, -0.2) is 18.1 Å². The Bertz CT molecular complexity index is 545. The molecule has 1 aliphatic carbocycles. The average Bonchev–Trinajstić information content (AvgIpc) is 2.57. The third kappa shape index (κ3) is 3.54. The van der Waals surface area contributed by atoms with E-state index in [0.717, 1.165) is 11.6 Å². The van der Waals surface area contributed by atoms with Crippen LogP contribution in [0.25, 0.3) is 0 Å². The Labute approximate surface area is 126 Å². The summed E-state index contributed by atoms with van der Waals surface area (Å²) in [6.45, 7) is 0. The molecule has 0 radical (unpaired) electrons. The number of pyridine rings is 1. The molecule has 1 N–H and O–H groups in total. The first-order chi connectivity index (χ1) is 10.3. The zero-order chi connectivity index (χ0) is 14.5. The van der Waals surface area contributed by atoms with Crippen molar-refractivity contribution in [1.82, 2.24) is 4.98 Å². The molecule has 21 heavy (non-hydrogen) atoms. The van der Waals surface area contributed by atoms with E-state index in [1.165, 1.54) is 31.2 Å². The fourth-order valence-electron chi connectivity index (χ4n) is 3.12. The fraction of sp³-hybridized carbons (Fsp3) is 0.389. The van der Waals surface area contributed by atoms with Crippen molar-refractivity contribution in [1.29, 1.82) is 0 Å². The molecule has 1 saturated carbocycles. The Morgan fingerprint density at radius 3 is 2.38 bits per heavy atom. The second kappa shape index (κ2) is 6.61. The molecule has 2 aromatic rings. The van der Waals surface area contributed by atoms with E-state index < -0.39 is 0 Å². The number of benzene rings is 1. The Hall–Kier alpha value is -2.03. The smallest absolute Gasteiger partial charge is 0.213 e. The Morgan fingerprint density at radius 2 is 1.76 bits per heavy atom. The summed E-state index contributed by atoms with van der Waals surface area (Å²) in [7, 11) is 1.64. The Balaban J connectivity index is 1.53. The highest BCUT2D eigenvalue weighted by atomic mass is 16.5. The summed E-state index contributed by atoms with van der Waals surface area (Å²) < 4.78 is 5.08. The van der Waals surface area contributed by atoms with E-state index in [1.54, 1.807) is 7.11 Å². The number of anilines is 1. The van der Waals surface area contributed by atoms with E-state index >= 15 is 0 Å². The van der Waals surface area contributed by atoms with E-state index in [4.69, 9.17) is 4.74 Å². The molecule has 3 heteroatoms. The number of ether oxygens (including phenoxy) is 1. The van der Waals surface area contributed by atoms with E-state index in [9.17, 15) is 0 Å². The van der Waals surface area contributed by atoms with Crippen molar-refractivity contribution in [3.63, 3.8) is 0 Å². The third-order valence-electron chi connectivity index (χ3n) is 4.31. The highest BCUT2D eigenvalue weighted by molar-refractivity contribution is 5.43. The predicted molar refractivity (Wildman–Crippen MR) is 85.9 cm³/mol. The molecule has 1 fully saturated rings. The van der Waals surface area contributed by atoms with Gasteiger partial charge in [-0.3, -0.25) is 0 Å². The minimum absolute atomic E-state index is 0.556. The van der Waals surface area contributed by atoms with Crippen molar-refractivity contribution in [3.05, 3.63) is 54.2 Å². The first-order valence-electron chi connectivity index (χ1n) is 7.66. The molecule has 1 heterocycles. The van der Waals surface area contributed by atoms with E-state index in [2.05, 4.69) is 40.6 Å². The van der Waals surface area contributed by atoms with Crippen molar-refractivity contribution in [2.45, 2.75) is 37.6 Å². The van der Waals surface area contributed by atoms with Gasteiger partial charge >= 0.3 is 0 Å². The molecule has 1 aromatic carbocycles. The van der Waals surface area contributed by atoms with Crippen LogP contribution in [0.4, 0.5) is 5.69 Å². The molecule has 0 spiro atoms. The molecule has 3 nitrogen and oxygen atoms in total. The Morgan fingerprint density at radius 1 is 1.00 bits per heavy atom. The lowest BCUT2D eigenvalue weighted by Crippen LogP contribution is -2.25. The quantitative estimate of drug-likeness (QED) is 0.911. The first-order valence-corrected chi connectivity index (χ1v) is 7.66.